The van der Waals surface area contributed by atoms with Crippen LogP contribution in [0.25, 0.3) is 0 Å². The topological polar surface area (TPSA) is 138 Å². The first-order valence-corrected chi connectivity index (χ1v) is 12.1. The number of carbonyl (C=O) groups is 1. The first-order valence-electron chi connectivity index (χ1n) is 8.88. The Labute approximate surface area is 184 Å². The number of carbonyl (C=O) groups excluding carboxylic acids is 1. The Balaban J connectivity index is 2.21. The highest BCUT2D eigenvalue weighted by Gasteiger charge is 2.24. The van der Waals surface area contributed by atoms with Gasteiger partial charge in [0.05, 0.1) is 29.4 Å². The SMILES string of the molecule is COc1cc(Nc2ncc(Br)c(N[C@H](C)[C@@H](C)O)n2)ccc1NC(=O)S(C)(C)N=O. The molecule has 2 atom stereocenters. The highest BCUT2D eigenvalue weighted by Crippen LogP contribution is 2.43. The van der Waals surface area contributed by atoms with Crippen molar-refractivity contribution in [2.75, 3.05) is 35.6 Å². The van der Waals surface area contributed by atoms with Crippen LogP contribution in [0.15, 0.2) is 33.5 Å². The molecular weight excluding hydrogens is 476 g/mol. The van der Waals surface area contributed by atoms with Gasteiger partial charge >= 0.3 is 0 Å². The second-order valence-electron chi connectivity index (χ2n) is 6.86. The number of nitrogens with one attached hydrogen (secondary N) is 3. The van der Waals surface area contributed by atoms with Crippen molar-refractivity contribution >= 4 is 54.5 Å². The van der Waals surface area contributed by atoms with Crippen LogP contribution in [0, 0.1) is 4.91 Å². The molecule has 12 heteroatoms. The smallest absolute Gasteiger partial charge is 0.287 e. The molecule has 0 unspecified atom stereocenters. The number of benzene rings is 1. The van der Waals surface area contributed by atoms with E-state index < -0.39 is 21.6 Å². The van der Waals surface area contributed by atoms with E-state index in [1.807, 2.05) is 6.92 Å². The van der Waals surface area contributed by atoms with Gasteiger partial charge in [-0.1, -0.05) is 0 Å². The average Bonchev–Trinajstić information content (AvgIpc) is 2.71. The van der Waals surface area contributed by atoms with Gasteiger partial charge < -0.3 is 25.8 Å². The standard InChI is InChI=1S/C18H25BrN6O4S/c1-10(11(2)26)21-16-13(19)9-20-17(24-16)22-12-6-7-14(15(8-12)29-3)23-18(27)30(4,5)25-28/h6-11,26H,1-5H3,(H,23,27)(H2,20,21,22,24)/t10-,11-/m1/s1. The van der Waals surface area contributed by atoms with Crippen molar-refractivity contribution in [2.24, 2.45) is 4.58 Å². The molecule has 0 spiro atoms. The summed E-state index contributed by atoms with van der Waals surface area (Å²) in [5, 5.41) is 18.1. The minimum Gasteiger partial charge on any atom is -0.494 e. The summed E-state index contributed by atoms with van der Waals surface area (Å²) in [6.07, 6.45) is 4.05. The van der Waals surface area contributed by atoms with Crippen LogP contribution in [0.4, 0.5) is 27.9 Å². The molecule has 1 aromatic heterocycles. The molecule has 0 aliphatic carbocycles. The van der Waals surface area contributed by atoms with Crippen LogP contribution < -0.4 is 20.7 Å². The van der Waals surface area contributed by atoms with E-state index in [4.69, 9.17) is 4.74 Å². The molecule has 30 heavy (non-hydrogen) atoms. The summed E-state index contributed by atoms with van der Waals surface area (Å²) in [7, 11) is -0.834. The third-order valence-corrected chi connectivity index (χ3v) is 6.13. The summed E-state index contributed by atoms with van der Waals surface area (Å²) in [5.74, 6) is 1.25. The first kappa shape index (κ1) is 23.8. The summed E-state index contributed by atoms with van der Waals surface area (Å²) >= 11 is 3.39. The largest absolute Gasteiger partial charge is 0.494 e. The van der Waals surface area contributed by atoms with Crippen molar-refractivity contribution in [1.29, 1.82) is 0 Å². The number of amides is 1. The summed E-state index contributed by atoms with van der Waals surface area (Å²) in [6, 6.07) is 4.82. The summed E-state index contributed by atoms with van der Waals surface area (Å²) < 4.78 is 8.93. The molecular formula is C18H25BrN6O4S. The van der Waals surface area contributed by atoms with Gasteiger partial charge in [0.25, 0.3) is 5.24 Å². The van der Waals surface area contributed by atoms with Gasteiger partial charge in [-0.15, -0.1) is 4.91 Å². The Hall–Kier alpha value is -2.44. The molecule has 10 nitrogen and oxygen atoms in total. The van der Waals surface area contributed by atoms with Crippen LogP contribution in [-0.4, -0.2) is 52.1 Å². The lowest BCUT2D eigenvalue weighted by Gasteiger charge is -2.21. The lowest BCUT2D eigenvalue weighted by atomic mass is 10.2. The normalized spacial score (nSPS) is 13.7. The number of aliphatic hydroxyl groups excluding tert-OH is 1. The number of anilines is 4. The zero-order valence-corrected chi connectivity index (χ0v) is 19.7. The zero-order chi connectivity index (χ0) is 22.5. The van der Waals surface area contributed by atoms with Crippen molar-refractivity contribution in [3.63, 3.8) is 0 Å². The highest BCUT2D eigenvalue weighted by molar-refractivity contribution is 9.10. The van der Waals surface area contributed by atoms with Gasteiger partial charge in [0.1, 0.15) is 11.6 Å². The monoisotopic (exact) mass is 500 g/mol. The molecule has 1 heterocycles. The van der Waals surface area contributed by atoms with E-state index in [9.17, 15) is 14.8 Å². The van der Waals surface area contributed by atoms with Crippen LogP contribution in [0.5, 0.6) is 5.75 Å². The third-order valence-electron chi connectivity index (χ3n) is 4.17. The third kappa shape index (κ3) is 6.03. The number of hydrogen-bond donors (Lipinski definition) is 4. The predicted molar refractivity (Wildman–Crippen MR) is 125 cm³/mol. The maximum absolute atomic E-state index is 12.2. The van der Waals surface area contributed by atoms with Gasteiger partial charge in [0.15, 0.2) is 0 Å². The molecule has 0 aliphatic heterocycles. The lowest BCUT2D eigenvalue weighted by molar-refractivity contribution is 0.177. The molecule has 2 aromatic rings. The van der Waals surface area contributed by atoms with E-state index in [0.29, 0.717) is 33.4 Å². The lowest BCUT2D eigenvalue weighted by Crippen LogP contribution is -2.28. The molecule has 1 amide bonds. The maximum atomic E-state index is 12.2. The van der Waals surface area contributed by atoms with E-state index in [2.05, 4.69) is 46.4 Å². The quantitative estimate of drug-likeness (QED) is 0.390. The van der Waals surface area contributed by atoms with E-state index >= 15 is 0 Å². The Morgan fingerprint density at radius 2 is 2.03 bits per heavy atom. The van der Waals surface area contributed by atoms with Gasteiger partial charge in [-0.05, 0) is 69.2 Å². The molecule has 4 N–H and O–H groups in total. The zero-order valence-electron chi connectivity index (χ0n) is 17.3. The van der Waals surface area contributed by atoms with Crippen LogP contribution in [0.1, 0.15) is 13.8 Å². The highest BCUT2D eigenvalue weighted by atomic mass is 79.9. The van der Waals surface area contributed by atoms with Crippen LogP contribution >= 0.6 is 26.1 Å². The molecule has 0 saturated carbocycles. The molecule has 0 saturated heterocycles. The Kier molecular flexibility index (Phi) is 7.98. The predicted octanol–water partition coefficient (Wildman–Crippen LogP) is 4.45. The molecule has 164 valence electrons. The molecule has 0 fully saturated rings. The summed E-state index contributed by atoms with van der Waals surface area (Å²) in [5.41, 5.74) is 1.05. The molecule has 2 rings (SSSR count). The number of halogens is 1. The Morgan fingerprint density at radius 1 is 1.33 bits per heavy atom. The summed E-state index contributed by atoms with van der Waals surface area (Å²) in [6.45, 7) is 3.53. The fourth-order valence-corrected chi connectivity index (χ4v) is 2.87. The minimum absolute atomic E-state index is 0.209. The summed E-state index contributed by atoms with van der Waals surface area (Å²) in [4.78, 5) is 31.7. The van der Waals surface area contributed by atoms with E-state index in [-0.39, 0.29) is 6.04 Å². The fraction of sp³-hybridized carbons (Fsp3) is 0.389. The number of nitroso groups, excluding NO2 is 1. The van der Waals surface area contributed by atoms with Crippen molar-refractivity contribution in [1.82, 2.24) is 9.97 Å². The van der Waals surface area contributed by atoms with Crippen LogP contribution in [0.3, 0.4) is 0 Å². The van der Waals surface area contributed by atoms with E-state index in [1.165, 1.54) is 19.6 Å². The van der Waals surface area contributed by atoms with Crippen molar-refractivity contribution in [2.45, 2.75) is 26.0 Å². The number of nitrogens with zero attached hydrogens (tertiary/aromatic N) is 3. The van der Waals surface area contributed by atoms with Crippen LogP contribution in [0.2, 0.25) is 0 Å². The Bertz CT molecular complexity index is 928. The van der Waals surface area contributed by atoms with Gasteiger partial charge in [0.2, 0.25) is 5.95 Å². The molecule has 0 aliphatic rings. The second-order valence-corrected chi connectivity index (χ2v) is 10.8. The minimum atomic E-state index is -2.31. The van der Waals surface area contributed by atoms with Crippen LogP contribution in [-0.2, 0) is 0 Å². The molecule has 0 bridgehead atoms. The number of ether oxygens (including phenoxy) is 1. The number of methoxy groups -OCH3 is 1. The number of rotatable bonds is 8. The van der Waals surface area contributed by atoms with E-state index in [1.54, 1.807) is 31.3 Å². The fourth-order valence-electron chi connectivity index (χ4n) is 2.13. The maximum Gasteiger partial charge on any atom is 0.287 e. The number of hydrogen-bond acceptors (Lipinski definition) is 9. The Morgan fingerprint density at radius 3 is 2.63 bits per heavy atom. The average molecular weight is 501 g/mol. The van der Waals surface area contributed by atoms with Crippen molar-refractivity contribution in [3.8, 4) is 5.75 Å². The van der Waals surface area contributed by atoms with Gasteiger partial charge in [-0.3, -0.25) is 4.79 Å². The van der Waals surface area contributed by atoms with Gasteiger partial charge in [0, 0.05) is 18.0 Å². The molecule has 0 radical (unpaired) electrons. The van der Waals surface area contributed by atoms with Gasteiger partial charge in [-0.25, -0.2) is 4.98 Å². The van der Waals surface area contributed by atoms with Gasteiger partial charge in [-0.2, -0.15) is 4.98 Å². The first-order chi connectivity index (χ1) is 14.1. The van der Waals surface area contributed by atoms with E-state index in [0.717, 1.165) is 0 Å². The second kappa shape index (κ2) is 10.0. The van der Waals surface area contributed by atoms with Crippen molar-refractivity contribution in [3.05, 3.63) is 33.8 Å². The van der Waals surface area contributed by atoms with Crippen molar-refractivity contribution < 1.29 is 14.6 Å². The number of aromatic nitrogens is 2. The molecule has 1 aromatic carbocycles. The number of aliphatic hydroxyl groups is 1.